The Kier molecular flexibility index (Phi) is 6.35. The number of carbonyl (C=O) groups is 1. The SMILES string of the molecule is CC(=O)N1CCC(n2cc(Nc3nc(Nc4cccc(C(C)(C)O)n4)c4c(C)csc4n3)cn2)CC1. The molecule has 10 nitrogen and oxygen atoms in total. The number of thiophene rings is 1. The zero-order chi connectivity index (χ0) is 25.4. The molecule has 4 aromatic heterocycles. The van der Waals surface area contributed by atoms with E-state index in [1.807, 2.05) is 34.8 Å². The first-order chi connectivity index (χ1) is 17.2. The van der Waals surface area contributed by atoms with Crippen LogP contribution in [0.25, 0.3) is 10.2 Å². The Balaban J connectivity index is 1.38. The zero-order valence-electron chi connectivity index (χ0n) is 20.8. The molecule has 0 bridgehead atoms. The molecular formula is C25H30N8O2S. The summed E-state index contributed by atoms with van der Waals surface area (Å²) in [5, 5.41) is 24.5. The average molecular weight is 507 g/mol. The number of hydrogen-bond donors (Lipinski definition) is 3. The Labute approximate surface area is 213 Å². The maximum absolute atomic E-state index is 11.6. The number of aromatic nitrogens is 5. The fourth-order valence-corrected chi connectivity index (χ4v) is 5.29. The van der Waals surface area contributed by atoms with Gasteiger partial charge in [-0.05, 0) is 56.7 Å². The summed E-state index contributed by atoms with van der Waals surface area (Å²) in [6.07, 6.45) is 5.49. The molecule has 36 heavy (non-hydrogen) atoms. The van der Waals surface area contributed by atoms with E-state index in [0.717, 1.165) is 47.4 Å². The Morgan fingerprint density at radius 1 is 1.17 bits per heavy atom. The molecule has 1 saturated heterocycles. The summed E-state index contributed by atoms with van der Waals surface area (Å²) in [6, 6.07) is 5.76. The summed E-state index contributed by atoms with van der Waals surface area (Å²) in [5.41, 5.74) is 1.39. The molecular weight excluding hydrogens is 476 g/mol. The maximum atomic E-state index is 11.6. The number of nitrogens with one attached hydrogen (secondary N) is 2. The predicted molar refractivity (Wildman–Crippen MR) is 141 cm³/mol. The Hall–Kier alpha value is -3.57. The van der Waals surface area contributed by atoms with Crippen molar-refractivity contribution in [1.82, 2.24) is 29.6 Å². The number of amides is 1. The third-order valence-electron chi connectivity index (χ3n) is 6.38. The topological polar surface area (TPSA) is 121 Å². The van der Waals surface area contributed by atoms with Crippen molar-refractivity contribution in [1.29, 1.82) is 0 Å². The first-order valence-electron chi connectivity index (χ1n) is 12.0. The van der Waals surface area contributed by atoms with Crippen LogP contribution in [-0.2, 0) is 10.4 Å². The molecule has 0 aliphatic carbocycles. The highest BCUT2D eigenvalue weighted by Crippen LogP contribution is 2.33. The van der Waals surface area contributed by atoms with Crippen molar-refractivity contribution in [3.05, 3.63) is 47.2 Å². The molecule has 1 aliphatic heterocycles. The van der Waals surface area contributed by atoms with Crippen LogP contribution in [0, 0.1) is 6.92 Å². The molecule has 0 atom stereocenters. The normalized spacial score (nSPS) is 14.9. The number of pyridine rings is 1. The van der Waals surface area contributed by atoms with Crippen LogP contribution in [0.2, 0.25) is 0 Å². The Morgan fingerprint density at radius 3 is 2.67 bits per heavy atom. The van der Waals surface area contributed by atoms with E-state index < -0.39 is 5.60 Å². The Morgan fingerprint density at radius 2 is 1.94 bits per heavy atom. The van der Waals surface area contributed by atoms with E-state index in [4.69, 9.17) is 9.97 Å². The Bertz CT molecular complexity index is 1400. The van der Waals surface area contributed by atoms with E-state index in [1.165, 1.54) is 0 Å². The molecule has 0 unspecified atom stereocenters. The van der Waals surface area contributed by atoms with Gasteiger partial charge in [0.1, 0.15) is 22.1 Å². The number of aliphatic hydroxyl groups is 1. The number of nitrogens with zero attached hydrogens (tertiary/aromatic N) is 6. The molecule has 0 spiro atoms. The van der Waals surface area contributed by atoms with Crippen LogP contribution < -0.4 is 10.6 Å². The fourth-order valence-electron chi connectivity index (χ4n) is 4.37. The van der Waals surface area contributed by atoms with Crippen molar-refractivity contribution in [2.24, 2.45) is 0 Å². The van der Waals surface area contributed by atoms with Gasteiger partial charge in [0.25, 0.3) is 0 Å². The van der Waals surface area contributed by atoms with E-state index in [0.29, 0.717) is 23.3 Å². The number of likely N-dealkylation sites (tertiary alicyclic amines) is 1. The highest BCUT2D eigenvalue weighted by atomic mass is 32.1. The lowest BCUT2D eigenvalue weighted by atomic mass is 10.1. The van der Waals surface area contributed by atoms with Crippen LogP contribution in [0.4, 0.5) is 23.3 Å². The van der Waals surface area contributed by atoms with E-state index in [2.05, 4.69) is 26.1 Å². The molecule has 5 rings (SSSR count). The number of hydrogen-bond acceptors (Lipinski definition) is 9. The smallest absolute Gasteiger partial charge is 0.230 e. The number of piperidine rings is 1. The minimum atomic E-state index is -1.05. The maximum Gasteiger partial charge on any atom is 0.230 e. The number of aryl methyl sites for hydroxylation is 1. The quantitative estimate of drug-likeness (QED) is 0.350. The number of rotatable bonds is 6. The molecule has 0 aromatic carbocycles. The summed E-state index contributed by atoms with van der Waals surface area (Å²) < 4.78 is 1.96. The van der Waals surface area contributed by atoms with Gasteiger partial charge >= 0.3 is 0 Å². The van der Waals surface area contributed by atoms with Crippen LogP contribution in [0.3, 0.4) is 0 Å². The molecule has 11 heteroatoms. The number of fused-ring (bicyclic) bond motifs is 1. The second-order valence-electron chi connectivity index (χ2n) is 9.66. The van der Waals surface area contributed by atoms with Crippen molar-refractivity contribution in [2.75, 3.05) is 23.7 Å². The second kappa shape index (κ2) is 9.47. The molecule has 1 amide bonds. The van der Waals surface area contributed by atoms with Gasteiger partial charge < -0.3 is 20.6 Å². The summed E-state index contributed by atoms with van der Waals surface area (Å²) in [4.78, 5) is 28.4. The van der Waals surface area contributed by atoms with Gasteiger partial charge in [-0.2, -0.15) is 10.1 Å². The molecule has 0 radical (unpaired) electrons. The number of anilines is 4. The molecule has 1 fully saturated rings. The highest BCUT2D eigenvalue weighted by molar-refractivity contribution is 7.17. The molecule has 0 saturated carbocycles. The molecule has 3 N–H and O–H groups in total. The monoisotopic (exact) mass is 506 g/mol. The molecule has 5 heterocycles. The summed E-state index contributed by atoms with van der Waals surface area (Å²) >= 11 is 1.56. The van der Waals surface area contributed by atoms with E-state index >= 15 is 0 Å². The third-order valence-corrected chi connectivity index (χ3v) is 7.37. The van der Waals surface area contributed by atoms with Gasteiger partial charge in [0.2, 0.25) is 11.9 Å². The van der Waals surface area contributed by atoms with Gasteiger partial charge in [-0.3, -0.25) is 9.48 Å². The van der Waals surface area contributed by atoms with Gasteiger partial charge in [0.15, 0.2) is 0 Å². The summed E-state index contributed by atoms with van der Waals surface area (Å²) in [5.74, 6) is 1.82. The average Bonchev–Trinajstić information content (AvgIpc) is 3.45. The lowest BCUT2D eigenvalue weighted by Crippen LogP contribution is -2.37. The highest BCUT2D eigenvalue weighted by Gasteiger charge is 2.23. The van der Waals surface area contributed by atoms with Crippen molar-refractivity contribution in [3.63, 3.8) is 0 Å². The summed E-state index contributed by atoms with van der Waals surface area (Å²) in [6.45, 7) is 8.56. The van der Waals surface area contributed by atoms with E-state index in [1.54, 1.807) is 44.4 Å². The summed E-state index contributed by atoms with van der Waals surface area (Å²) in [7, 11) is 0. The zero-order valence-corrected chi connectivity index (χ0v) is 21.6. The first-order valence-corrected chi connectivity index (χ1v) is 12.8. The predicted octanol–water partition coefficient (Wildman–Crippen LogP) is 4.49. The van der Waals surface area contributed by atoms with E-state index in [9.17, 15) is 9.90 Å². The molecule has 4 aromatic rings. The van der Waals surface area contributed by atoms with Gasteiger partial charge in [0.05, 0.1) is 29.0 Å². The van der Waals surface area contributed by atoms with Gasteiger partial charge in [-0.1, -0.05) is 6.07 Å². The lowest BCUT2D eigenvalue weighted by Gasteiger charge is -2.31. The first kappa shape index (κ1) is 24.1. The van der Waals surface area contributed by atoms with Crippen molar-refractivity contribution < 1.29 is 9.90 Å². The van der Waals surface area contributed by atoms with Crippen LogP contribution in [0.15, 0.2) is 36.0 Å². The van der Waals surface area contributed by atoms with Crippen LogP contribution in [-0.4, -0.2) is 53.7 Å². The standard InChI is InChI=1S/C25H30N8O2S/c1-15-14-36-23-21(15)22(29-20-7-5-6-19(28-20)25(3,4)35)30-24(31-23)27-17-12-26-33(13-17)18-8-10-32(11-9-18)16(2)34/h5-7,12-14,18,35H,8-11H2,1-4H3,(H2,27,28,29,30,31). The second-order valence-corrected chi connectivity index (χ2v) is 10.5. The number of carbonyl (C=O) groups excluding carboxylic acids is 1. The van der Waals surface area contributed by atoms with Gasteiger partial charge in [-0.25, -0.2) is 9.97 Å². The van der Waals surface area contributed by atoms with E-state index in [-0.39, 0.29) is 11.9 Å². The molecule has 188 valence electrons. The van der Waals surface area contributed by atoms with Crippen LogP contribution >= 0.6 is 11.3 Å². The van der Waals surface area contributed by atoms with Gasteiger partial charge in [-0.15, -0.1) is 11.3 Å². The van der Waals surface area contributed by atoms with Crippen LogP contribution in [0.1, 0.15) is 50.9 Å². The minimum absolute atomic E-state index is 0.124. The van der Waals surface area contributed by atoms with Crippen molar-refractivity contribution >= 4 is 50.7 Å². The lowest BCUT2D eigenvalue weighted by molar-refractivity contribution is -0.130. The minimum Gasteiger partial charge on any atom is -0.384 e. The fraction of sp³-hybridized carbons (Fsp3) is 0.400. The van der Waals surface area contributed by atoms with Crippen molar-refractivity contribution in [3.8, 4) is 0 Å². The largest absolute Gasteiger partial charge is 0.384 e. The van der Waals surface area contributed by atoms with Gasteiger partial charge in [0, 0.05) is 26.2 Å². The molecule has 1 aliphatic rings. The van der Waals surface area contributed by atoms with Crippen LogP contribution in [0.5, 0.6) is 0 Å². The third kappa shape index (κ3) is 5.02. The van der Waals surface area contributed by atoms with Crippen molar-refractivity contribution in [2.45, 2.75) is 52.2 Å².